The lowest BCUT2D eigenvalue weighted by Gasteiger charge is -1.99. The lowest BCUT2D eigenvalue weighted by Crippen LogP contribution is -1.88. The number of allylic oxidation sites excluding steroid dienone is 4. The first-order valence-electron chi connectivity index (χ1n) is 5.82. The summed E-state index contributed by atoms with van der Waals surface area (Å²) in [5.41, 5.74) is 1.78. The Labute approximate surface area is 103 Å². The first-order chi connectivity index (χ1) is 8.11. The van der Waals surface area contributed by atoms with Gasteiger partial charge in [-0.25, -0.2) is 0 Å². The van der Waals surface area contributed by atoms with Gasteiger partial charge in [0.2, 0.25) is 0 Å². The Kier molecular flexibility index (Phi) is 6.71. The van der Waals surface area contributed by atoms with E-state index in [2.05, 4.69) is 4.98 Å². The number of carbonyl (C=O) groups is 1. The van der Waals surface area contributed by atoms with Crippen LogP contribution in [0, 0.1) is 0 Å². The second-order valence-electron chi connectivity index (χ2n) is 3.23. The van der Waals surface area contributed by atoms with Crippen LogP contribution in [0.2, 0.25) is 0 Å². The van der Waals surface area contributed by atoms with Crippen LogP contribution in [0.4, 0.5) is 0 Å². The summed E-state index contributed by atoms with van der Waals surface area (Å²) in [5.74, 6) is -0.125. The second kappa shape index (κ2) is 7.49. The van der Waals surface area contributed by atoms with Crippen molar-refractivity contribution in [3.05, 3.63) is 35.7 Å². The molecule has 3 heteroatoms. The lowest BCUT2D eigenvalue weighted by molar-refractivity contribution is 0.101. The fraction of sp³-hybridized carbons (Fsp3) is 0.357. The van der Waals surface area contributed by atoms with Crippen LogP contribution in [0.15, 0.2) is 24.4 Å². The van der Waals surface area contributed by atoms with E-state index in [1.807, 2.05) is 45.9 Å². The molecule has 0 amide bonds. The number of H-pyrrole nitrogens is 1. The molecule has 0 unspecified atom stereocenters. The topological polar surface area (TPSA) is 53.1 Å². The largest absolute Gasteiger partial charge is 0.505 e. The number of aromatic amines is 1. The molecule has 3 nitrogen and oxygen atoms in total. The number of aromatic nitrogens is 1. The summed E-state index contributed by atoms with van der Waals surface area (Å²) < 4.78 is 0. The first kappa shape index (κ1) is 15.2. The molecule has 0 saturated heterocycles. The highest BCUT2D eigenvalue weighted by Gasteiger charge is 2.14. The zero-order chi connectivity index (χ0) is 13.4. The molecular formula is C14H21NO2. The summed E-state index contributed by atoms with van der Waals surface area (Å²) in [7, 11) is 0. The quantitative estimate of drug-likeness (QED) is 0.616. The molecule has 1 heterocycles. The molecule has 0 aliphatic carbocycles. The number of rotatable bonds is 3. The Morgan fingerprint density at radius 2 is 1.94 bits per heavy atom. The third kappa shape index (κ3) is 3.63. The van der Waals surface area contributed by atoms with Crippen LogP contribution in [0.25, 0.3) is 5.57 Å². The third-order valence-corrected chi connectivity index (χ3v) is 2.18. The van der Waals surface area contributed by atoms with Crippen LogP contribution in [0.1, 0.15) is 50.7 Å². The van der Waals surface area contributed by atoms with Crippen LogP contribution in [0.3, 0.4) is 0 Å². The predicted molar refractivity (Wildman–Crippen MR) is 72.3 cm³/mol. The smallest absolute Gasteiger partial charge is 0.165 e. The maximum Gasteiger partial charge on any atom is 0.165 e. The summed E-state index contributed by atoms with van der Waals surface area (Å²) in [6.45, 7) is 9.20. The van der Waals surface area contributed by atoms with Crippen molar-refractivity contribution >= 4 is 11.4 Å². The third-order valence-electron chi connectivity index (χ3n) is 2.18. The Morgan fingerprint density at radius 3 is 2.29 bits per heavy atom. The summed E-state index contributed by atoms with van der Waals surface area (Å²) >= 11 is 0. The molecule has 1 aromatic rings. The van der Waals surface area contributed by atoms with Gasteiger partial charge in [0.25, 0.3) is 0 Å². The van der Waals surface area contributed by atoms with Crippen LogP contribution < -0.4 is 0 Å². The van der Waals surface area contributed by atoms with Gasteiger partial charge in [-0.1, -0.05) is 32.1 Å². The van der Waals surface area contributed by atoms with E-state index in [4.69, 9.17) is 0 Å². The van der Waals surface area contributed by atoms with Gasteiger partial charge in [0, 0.05) is 6.20 Å². The van der Waals surface area contributed by atoms with Crippen molar-refractivity contribution < 1.29 is 9.90 Å². The van der Waals surface area contributed by atoms with E-state index in [1.54, 1.807) is 0 Å². The molecule has 1 rings (SSSR count). The Morgan fingerprint density at radius 1 is 1.35 bits per heavy atom. The van der Waals surface area contributed by atoms with Crippen molar-refractivity contribution in [2.75, 3.05) is 0 Å². The van der Waals surface area contributed by atoms with Crippen LogP contribution in [-0.2, 0) is 0 Å². The number of carbonyl (C=O) groups excluding carboxylic acids is 1. The van der Waals surface area contributed by atoms with Crippen molar-refractivity contribution in [2.45, 2.75) is 34.6 Å². The van der Waals surface area contributed by atoms with Crippen molar-refractivity contribution in [1.29, 1.82) is 0 Å². The van der Waals surface area contributed by atoms with Gasteiger partial charge in [-0.15, -0.1) is 0 Å². The monoisotopic (exact) mass is 235 g/mol. The molecule has 0 fully saturated rings. The molecule has 17 heavy (non-hydrogen) atoms. The standard InChI is InChI=1S/C12H15NO2.C2H6/c1-4-6-9(5-2)11-12(15)10(7-13-11)8(3)14;1-2/h4-7,13,15H,1-3H3;1-2H3/b6-4-,9-5+;. The van der Waals surface area contributed by atoms with Crippen LogP contribution >= 0.6 is 0 Å². The summed E-state index contributed by atoms with van der Waals surface area (Å²) in [6, 6.07) is 0. The molecule has 2 N–H and O–H groups in total. The van der Waals surface area contributed by atoms with E-state index in [1.165, 1.54) is 13.1 Å². The second-order valence-corrected chi connectivity index (χ2v) is 3.23. The van der Waals surface area contributed by atoms with Gasteiger partial charge in [0.05, 0.1) is 11.3 Å². The van der Waals surface area contributed by atoms with Crippen LogP contribution in [0.5, 0.6) is 5.75 Å². The lowest BCUT2D eigenvalue weighted by atomic mass is 10.1. The Hall–Kier alpha value is -1.77. The van der Waals surface area contributed by atoms with Crippen molar-refractivity contribution in [1.82, 2.24) is 4.98 Å². The summed E-state index contributed by atoms with van der Waals surface area (Å²) in [6.07, 6.45) is 7.15. The molecule has 0 aliphatic rings. The molecule has 0 aliphatic heterocycles. The fourth-order valence-corrected chi connectivity index (χ4v) is 1.41. The molecule has 0 atom stereocenters. The molecule has 0 radical (unpaired) electrons. The number of hydrogen-bond acceptors (Lipinski definition) is 2. The minimum atomic E-state index is -0.147. The fourth-order valence-electron chi connectivity index (χ4n) is 1.41. The number of hydrogen-bond donors (Lipinski definition) is 2. The molecule has 0 aromatic carbocycles. The van der Waals surface area contributed by atoms with Gasteiger partial charge in [-0.3, -0.25) is 4.79 Å². The average Bonchev–Trinajstić information content (AvgIpc) is 2.71. The van der Waals surface area contributed by atoms with E-state index in [9.17, 15) is 9.90 Å². The van der Waals surface area contributed by atoms with E-state index < -0.39 is 0 Å². The highest BCUT2D eigenvalue weighted by atomic mass is 16.3. The summed E-state index contributed by atoms with van der Waals surface area (Å²) in [5, 5.41) is 9.80. The van der Waals surface area contributed by atoms with Gasteiger partial charge in [0.15, 0.2) is 11.5 Å². The maximum atomic E-state index is 11.1. The average molecular weight is 235 g/mol. The minimum Gasteiger partial charge on any atom is -0.505 e. The molecule has 0 spiro atoms. The Bertz CT molecular complexity index is 425. The number of nitrogens with one attached hydrogen (secondary N) is 1. The van der Waals surface area contributed by atoms with Gasteiger partial charge in [-0.2, -0.15) is 0 Å². The van der Waals surface area contributed by atoms with E-state index >= 15 is 0 Å². The molecule has 0 bridgehead atoms. The normalized spacial score (nSPS) is 11.2. The zero-order valence-corrected chi connectivity index (χ0v) is 11.2. The van der Waals surface area contributed by atoms with Gasteiger partial charge < -0.3 is 10.1 Å². The number of ketones is 1. The van der Waals surface area contributed by atoms with Crippen molar-refractivity contribution in [2.24, 2.45) is 0 Å². The molecule has 94 valence electrons. The van der Waals surface area contributed by atoms with E-state index in [0.29, 0.717) is 11.3 Å². The predicted octanol–water partition coefficient (Wildman–Crippen LogP) is 3.93. The maximum absolute atomic E-state index is 11.1. The van der Waals surface area contributed by atoms with Gasteiger partial charge in [0.1, 0.15) is 0 Å². The highest BCUT2D eigenvalue weighted by Crippen LogP contribution is 2.29. The Balaban J connectivity index is 0.00000121. The molecule has 0 saturated carbocycles. The minimum absolute atomic E-state index is 0.0219. The van der Waals surface area contributed by atoms with Crippen molar-refractivity contribution in [3.63, 3.8) is 0 Å². The number of Topliss-reactive ketones (excluding diaryl/α,β-unsaturated/α-hetero) is 1. The SMILES string of the molecule is C/C=C\C(=C/C)c1[nH]cc(C(C)=O)c1O.CC. The van der Waals surface area contributed by atoms with Crippen LogP contribution in [-0.4, -0.2) is 15.9 Å². The molecule has 1 aromatic heterocycles. The first-order valence-corrected chi connectivity index (χ1v) is 5.82. The van der Waals surface area contributed by atoms with Gasteiger partial charge >= 0.3 is 0 Å². The summed E-state index contributed by atoms with van der Waals surface area (Å²) in [4.78, 5) is 14.0. The van der Waals surface area contributed by atoms with Gasteiger partial charge in [-0.05, 0) is 26.3 Å². The molecular weight excluding hydrogens is 214 g/mol. The highest BCUT2D eigenvalue weighted by molar-refractivity contribution is 5.98. The zero-order valence-electron chi connectivity index (χ0n) is 11.2. The van der Waals surface area contributed by atoms with Crippen molar-refractivity contribution in [3.8, 4) is 5.75 Å². The van der Waals surface area contributed by atoms with E-state index in [0.717, 1.165) is 5.57 Å². The number of aromatic hydroxyl groups is 1. The van der Waals surface area contributed by atoms with E-state index in [-0.39, 0.29) is 11.5 Å².